The van der Waals surface area contributed by atoms with Crippen LogP contribution in [0.25, 0.3) is 0 Å². The van der Waals surface area contributed by atoms with Crippen molar-refractivity contribution in [1.82, 2.24) is 0 Å². The summed E-state index contributed by atoms with van der Waals surface area (Å²) in [6, 6.07) is 2.69. The van der Waals surface area contributed by atoms with Gasteiger partial charge in [0.15, 0.2) is 0 Å². The number of hydrogen-bond acceptors (Lipinski definition) is 3. The van der Waals surface area contributed by atoms with Crippen LogP contribution < -0.4 is 9.64 Å². The number of anilines is 1. The van der Waals surface area contributed by atoms with Crippen LogP contribution in [0.1, 0.15) is 0 Å². The molecule has 1 rings (SSSR count). The van der Waals surface area contributed by atoms with Crippen LogP contribution in [0.3, 0.4) is 0 Å². The molecule has 0 aliphatic carbocycles. The second-order valence-corrected chi connectivity index (χ2v) is 4.73. The normalized spacial score (nSPS) is 12.4. The van der Waals surface area contributed by atoms with Crippen LogP contribution in [0.15, 0.2) is 23.1 Å². The number of ether oxygens (including phenoxy) is 1. The Labute approximate surface area is 109 Å². The highest BCUT2D eigenvalue weighted by atomic mass is 32.2. The second kappa shape index (κ2) is 5.40. The lowest BCUT2D eigenvalue weighted by molar-refractivity contribution is -0.274. The zero-order valence-electron chi connectivity index (χ0n) is 9.76. The zero-order valence-corrected chi connectivity index (χ0v) is 10.6. The van der Waals surface area contributed by atoms with E-state index in [9.17, 15) is 26.3 Å². The third-order valence-corrected chi connectivity index (χ3v) is 2.67. The summed E-state index contributed by atoms with van der Waals surface area (Å²) in [6.45, 7) is 0. The lowest BCUT2D eigenvalue weighted by Gasteiger charge is -2.19. The van der Waals surface area contributed by atoms with E-state index in [1.807, 2.05) is 0 Å². The lowest BCUT2D eigenvalue weighted by Crippen LogP contribution is -2.18. The van der Waals surface area contributed by atoms with Gasteiger partial charge in [0.25, 0.3) is 0 Å². The van der Waals surface area contributed by atoms with Gasteiger partial charge in [-0.1, -0.05) is 0 Å². The molecule has 0 saturated carbocycles. The van der Waals surface area contributed by atoms with Crippen molar-refractivity contribution in [3.63, 3.8) is 0 Å². The standard InChI is InChI=1S/C10H9F6NOS/c1-17(2)7-5-6(18-9(11,12)13)3-4-8(7)19-10(14,15)16/h3-5H,1-2H3. The molecule has 108 valence electrons. The number of nitrogens with zero attached hydrogens (tertiary/aromatic N) is 1. The molecule has 1 aromatic rings. The van der Waals surface area contributed by atoms with Crippen LogP contribution in [0.4, 0.5) is 32.0 Å². The molecular formula is C10H9F6NOS. The number of thioether (sulfide) groups is 1. The maximum Gasteiger partial charge on any atom is 0.573 e. The molecule has 0 aliphatic heterocycles. The minimum atomic E-state index is -4.89. The van der Waals surface area contributed by atoms with Crippen molar-refractivity contribution < 1.29 is 31.1 Å². The molecule has 0 unspecified atom stereocenters. The molecule has 0 N–H and O–H groups in total. The Hall–Kier alpha value is -1.25. The Morgan fingerprint density at radius 2 is 1.63 bits per heavy atom. The molecule has 0 fully saturated rings. The van der Waals surface area contributed by atoms with Crippen LogP contribution >= 0.6 is 11.8 Å². The van der Waals surface area contributed by atoms with Crippen LogP contribution in [0, 0.1) is 0 Å². The van der Waals surface area contributed by atoms with Gasteiger partial charge in [-0.2, -0.15) is 13.2 Å². The van der Waals surface area contributed by atoms with Crippen molar-refractivity contribution in [3.05, 3.63) is 18.2 Å². The van der Waals surface area contributed by atoms with Gasteiger partial charge < -0.3 is 9.64 Å². The molecule has 0 radical (unpaired) electrons. The van der Waals surface area contributed by atoms with Crippen LogP contribution in [-0.4, -0.2) is 26.0 Å². The summed E-state index contributed by atoms with van der Waals surface area (Å²) >= 11 is -0.396. The van der Waals surface area contributed by atoms with Crippen molar-refractivity contribution in [2.24, 2.45) is 0 Å². The predicted octanol–water partition coefficient (Wildman–Crippen LogP) is 4.26. The minimum absolute atomic E-state index is 0.0101. The molecule has 9 heteroatoms. The highest BCUT2D eigenvalue weighted by molar-refractivity contribution is 8.00. The first kappa shape index (κ1) is 15.8. The van der Waals surface area contributed by atoms with E-state index < -0.39 is 29.4 Å². The Bertz CT molecular complexity index is 443. The fraction of sp³-hybridized carbons (Fsp3) is 0.400. The fourth-order valence-electron chi connectivity index (χ4n) is 1.25. The number of hydrogen-bond donors (Lipinski definition) is 0. The van der Waals surface area contributed by atoms with Crippen molar-refractivity contribution in [3.8, 4) is 5.75 Å². The van der Waals surface area contributed by atoms with Gasteiger partial charge in [-0.3, -0.25) is 0 Å². The van der Waals surface area contributed by atoms with E-state index in [0.29, 0.717) is 0 Å². The SMILES string of the molecule is CN(C)c1cc(OC(F)(F)F)ccc1SC(F)(F)F. The van der Waals surface area contributed by atoms with Gasteiger partial charge in [-0.25, -0.2) is 0 Å². The maximum absolute atomic E-state index is 12.3. The van der Waals surface area contributed by atoms with Crippen LogP contribution in [0.5, 0.6) is 5.75 Å². The molecular weight excluding hydrogens is 296 g/mol. The Morgan fingerprint density at radius 1 is 1.05 bits per heavy atom. The average molecular weight is 305 g/mol. The monoisotopic (exact) mass is 305 g/mol. The predicted molar refractivity (Wildman–Crippen MR) is 59.4 cm³/mol. The number of rotatable bonds is 3. The van der Waals surface area contributed by atoms with Crippen molar-refractivity contribution in [2.45, 2.75) is 16.8 Å². The summed E-state index contributed by atoms with van der Waals surface area (Å²) in [6.07, 6.45) is -4.89. The maximum atomic E-state index is 12.3. The summed E-state index contributed by atoms with van der Waals surface area (Å²) in [4.78, 5) is 1.07. The van der Waals surface area contributed by atoms with Gasteiger partial charge in [0, 0.05) is 25.1 Å². The summed E-state index contributed by atoms with van der Waals surface area (Å²) in [5, 5.41) is 0. The Kier molecular flexibility index (Phi) is 4.49. The van der Waals surface area contributed by atoms with Crippen molar-refractivity contribution >= 4 is 17.4 Å². The second-order valence-electron chi connectivity index (χ2n) is 3.62. The number of alkyl halides is 6. The smallest absolute Gasteiger partial charge is 0.406 e. The van der Waals surface area contributed by atoms with E-state index in [-0.39, 0.29) is 10.6 Å². The molecule has 0 aliphatic rings. The third-order valence-electron chi connectivity index (χ3n) is 1.87. The number of benzene rings is 1. The highest BCUT2D eigenvalue weighted by Gasteiger charge is 2.33. The first-order valence-corrected chi connectivity index (χ1v) is 5.62. The molecule has 0 saturated heterocycles. The average Bonchev–Trinajstić information content (AvgIpc) is 2.15. The summed E-state index contributed by atoms with van der Waals surface area (Å²) in [5.74, 6) is -0.567. The first-order valence-electron chi connectivity index (χ1n) is 4.81. The van der Waals surface area contributed by atoms with E-state index in [4.69, 9.17) is 0 Å². The molecule has 1 aromatic carbocycles. The Morgan fingerprint density at radius 3 is 2.05 bits per heavy atom. The van der Waals surface area contributed by atoms with E-state index >= 15 is 0 Å². The molecule has 0 aromatic heterocycles. The topological polar surface area (TPSA) is 12.5 Å². The van der Waals surface area contributed by atoms with Gasteiger partial charge in [0.05, 0.1) is 5.69 Å². The zero-order chi connectivity index (χ0) is 14.8. The van der Waals surface area contributed by atoms with E-state index in [1.54, 1.807) is 0 Å². The molecule has 19 heavy (non-hydrogen) atoms. The third kappa shape index (κ3) is 5.50. The molecule has 0 spiro atoms. The minimum Gasteiger partial charge on any atom is -0.406 e. The van der Waals surface area contributed by atoms with E-state index in [2.05, 4.69) is 4.74 Å². The quantitative estimate of drug-likeness (QED) is 0.611. The van der Waals surface area contributed by atoms with Gasteiger partial charge in [-0.05, 0) is 23.9 Å². The largest absolute Gasteiger partial charge is 0.573 e. The van der Waals surface area contributed by atoms with Crippen molar-refractivity contribution in [1.29, 1.82) is 0 Å². The summed E-state index contributed by atoms with van der Waals surface area (Å²) in [5.41, 5.74) is -4.53. The lowest BCUT2D eigenvalue weighted by atomic mass is 10.3. The van der Waals surface area contributed by atoms with Gasteiger partial charge in [0.1, 0.15) is 5.75 Å². The van der Waals surface area contributed by atoms with Crippen LogP contribution in [-0.2, 0) is 0 Å². The molecule has 0 heterocycles. The van der Waals surface area contributed by atoms with E-state index in [1.165, 1.54) is 19.0 Å². The van der Waals surface area contributed by atoms with Gasteiger partial charge in [0.2, 0.25) is 0 Å². The highest BCUT2D eigenvalue weighted by Crippen LogP contribution is 2.42. The van der Waals surface area contributed by atoms with Gasteiger partial charge in [-0.15, -0.1) is 13.2 Å². The molecule has 0 atom stereocenters. The number of halogens is 6. The molecule has 0 bridgehead atoms. The van der Waals surface area contributed by atoms with Gasteiger partial charge >= 0.3 is 11.9 Å². The van der Waals surface area contributed by atoms with E-state index in [0.717, 1.165) is 18.2 Å². The fourth-order valence-corrected chi connectivity index (χ4v) is 1.99. The summed E-state index contributed by atoms with van der Waals surface area (Å²) < 4.78 is 76.6. The first-order chi connectivity index (χ1) is 8.48. The summed E-state index contributed by atoms with van der Waals surface area (Å²) in [7, 11) is 2.85. The molecule has 0 amide bonds. The van der Waals surface area contributed by atoms with Crippen LogP contribution in [0.2, 0.25) is 0 Å². The van der Waals surface area contributed by atoms with Crippen molar-refractivity contribution in [2.75, 3.05) is 19.0 Å². The Balaban J connectivity index is 3.08. The molecule has 2 nitrogen and oxygen atoms in total.